The highest BCUT2D eigenvalue weighted by atomic mass is 32.2. The molecule has 17 heavy (non-hydrogen) atoms. The first-order chi connectivity index (χ1) is 7.59. The van der Waals surface area contributed by atoms with Crippen molar-refractivity contribution in [3.63, 3.8) is 0 Å². The number of sulfone groups is 1. The largest absolute Gasteiger partial charge is 0.340 e. The molecular formula is C10H17F2NO3S. The van der Waals surface area contributed by atoms with Gasteiger partial charge in [0.15, 0.2) is 9.84 Å². The maximum atomic E-state index is 12.9. The smallest absolute Gasteiger partial charge is 0.256 e. The Balaban J connectivity index is 2.57. The summed E-state index contributed by atoms with van der Waals surface area (Å²) in [5.74, 6) is -5.15. The van der Waals surface area contributed by atoms with Crippen molar-refractivity contribution >= 4 is 15.7 Å². The van der Waals surface area contributed by atoms with E-state index in [1.165, 1.54) is 11.8 Å². The summed E-state index contributed by atoms with van der Waals surface area (Å²) in [6.07, 6.45) is 0. The third kappa shape index (κ3) is 2.94. The summed E-state index contributed by atoms with van der Waals surface area (Å²) < 4.78 is 48.7. The Morgan fingerprint density at radius 2 is 1.94 bits per heavy atom. The van der Waals surface area contributed by atoms with E-state index in [4.69, 9.17) is 0 Å². The lowest BCUT2D eigenvalue weighted by molar-refractivity contribution is -0.150. The topological polar surface area (TPSA) is 54.5 Å². The molecule has 1 amide bonds. The molecule has 1 atom stereocenters. The number of hydrogen-bond acceptors (Lipinski definition) is 3. The second-order valence-corrected chi connectivity index (χ2v) is 7.06. The second-order valence-electron chi connectivity index (χ2n) is 4.49. The van der Waals surface area contributed by atoms with Gasteiger partial charge in [-0.15, -0.1) is 0 Å². The van der Waals surface area contributed by atoms with E-state index in [0.717, 1.165) is 6.92 Å². The number of alkyl halides is 2. The lowest BCUT2D eigenvalue weighted by atomic mass is 10.0. The number of nitrogens with zero attached hydrogens (tertiary/aromatic N) is 1. The van der Waals surface area contributed by atoms with E-state index in [1.54, 1.807) is 0 Å². The summed E-state index contributed by atoms with van der Waals surface area (Å²) in [5.41, 5.74) is 0. The van der Waals surface area contributed by atoms with Crippen molar-refractivity contribution in [2.24, 2.45) is 5.92 Å². The first-order valence-corrected chi connectivity index (χ1v) is 7.19. The Labute approximate surface area is 99.9 Å². The maximum Gasteiger partial charge on any atom is 0.256 e. The standard InChI is InChI=1S/C10H17F2NO3S/c1-4-17(15,16)8-5-13(6-8)9(14)7(2)10(3,11)12/h7-8H,4-6H2,1-3H3. The molecule has 7 heteroatoms. The minimum Gasteiger partial charge on any atom is -0.340 e. The van der Waals surface area contributed by atoms with Crippen molar-refractivity contribution in [2.75, 3.05) is 18.8 Å². The fraction of sp³-hybridized carbons (Fsp3) is 0.900. The Morgan fingerprint density at radius 1 is 1.47 bits per heavy atom. The number of carbonyl (C=O) groups excluding carboxylic acids is 1. The number of rotatable bonds is 4. The van der Waals surface area contributed by atoms with Crippen molar-refractivity contribution in [3.8, 4) is 0 Å². The van der Waals surface area contributed by atoms with Gasteiger partial charge in [0, 0.05) is 25.8 Å². The zero-order valence-corrected chi connectivity index (χ0v) is 10.9. The number of halogens is 2. The molecule has 0 aromatic rings. The van der Waals surface area contributed by atoms with Gasteiger partial charge in [-0.05, 0) is 6.92 Å². The van der Waals surface area contributed by atoms with E-state index >= 15 is 0 Å². The van der Waals surface area contributed by atoms with Crippen LogP contribution in [0, 0.1) is 5.92 Å². The van der Waals surface area contributed by atoms with Gasteiger partial charge in [-0.2, -0.15) is 0 Å². The first-order valence-electron chi connectivity index (χ1n) is 5.47. The van der Waals surface area contributed by atoms with E-state index in [2.05, 4.69) is 0 Å². The normalized spacial score (nSPS) is 19.9. The van der Waals surface area contributed by atoms with E-state index in [9.17, 15) is 22.0 Å². The van der Waals surface area contributed by atoms with Gasteiger partial charge in [0.1, 0.15) is 0 Å². The fourth-order valence-electron chi connectivity index (χ4n) is 1.57. The predicted octanol–water partition coefficient (Wildman–Crippen LogP) is 0.923. The molecule has 4 nitrogen and oxygen atoms in total. The van der Waals surface area contributed by atoms with Crippen molar-refractivity contribution in [1.29, 1.82) is 0 Å². The van der Waals surface area contributed by atoms with Gasteiger partial charge in [-0.25, -0.2) is 17.2 Å². The molecule has 1 aliphatic heterocycles. The molecular weight excluding hydrogens is 252 g/mol. The quantitative estimate of drug-likeness (QED) is 0.762. The monoisotopic (exact) mass is 269 g/mol. The molecule has 0 aromatic heterocycles. The summed E-state index contributed by atoms with van der Waals surface area (Å²) in [4.78, 5) is 12.8. The SMILES string of the molecule is CCS(=O)(=O)C1CN(C(=O)C(C)C(C)(F)F)C1. The van der Waals surface area contributed by atoms with E-state index < -0.39 is 32.8 Å². The Morgan fingerprint density at radius 3 is 2.29 bits per heavy atom. The zero-order valence-electron chi connectivity index (χ0n) is 10.1. The molecule has 0 radical (unpaired) electrons. The average Bonchev–Trinajstić information content (AvgIpc) is 2.12. The van der Waals surface area contributed by atoms with Crippen molar-refractivity contribution < 1.29 is 22.0 Å². The number of amides is 1. The van der Waals surface area contributed by atoms with E-state index in [1.807, 2.05) is 0 Å². The molecule has 1 saturated heterocycles. The highest BCUT2D eigenvalue weighted by molar-refractivity contribution is 7.92. The highest BCUT2D eigenvalue weighted by Gasteiger charge is 2.44. The lowest BCUT2D eigenvalue weighted by Gasteiger charge is -2.40. The van der Waals surface area contributed by atoms with Crippen LogP contribution in [0.1, 0.15) is 20.8 Å². The lowest BCUT2D eigenvalue weighted by Crippen LogP contribution is -2.59. The van der Waals surface area contributed by atoms with Crippen LogP contribution in [0.4, 0.5) is 8.78 Å². The zero-order chi connectivity index (χ0) is 13.4. The molecule has 0 saturated carbocycles. The van der Waals surface area contributed by atoms with Crippen LogP contribution in [0.15, 0.2) is 0 Å². The predicted molar refractivity (Wildman–Crippen MR) is 59.6 cm³/mol. The van der Waals surface area contributed by atoms with Gasteiger partial charge in [0.05, 0.1) is 11.2 Å². The summed E-state index contributed by atoms with van der Waals surface area (Å²) in [6, 6.07) is 0. The van der Waals surface area contributed by atoms with Crippen LogP contribution in [0.2, 0.25) is 0 Å². The van der Waals surface area contributed by atoms with Crippen molar-refractivity contribution in [1.82, 2.24) is 4.90 Å². The van der Waals surface area contributed by atoms with E-state index in [0.29, 0.717) is 6.92 Å². The summed E-state index contributed by atoms with van der Waals surface area (Å²) in [7, 11) is -3.17. The average molecular weight is 269 g/mol. The molecule has 0 N–H and O–H groups in total. The van der Waals surface area contributed by atoms with Crippen LogP contribution in [0.5, 0.6) is 0 Å². The van der Waals surface area contributed by atoms with Gasteiger partial charge in [0.2, 0.25) is 5.91 Å². The van der Waals surface area contributed by atoms with Gasteiger partial charge in [-0.3, -0.25) is 4.79 Å². The molecule has 0 bridgehead atoms. The molecule has 0 aromatic carbocycles. The molecule has 1 rings (SSSR count). The van der Waals surface area contributed by atoms with Crippen LogP contribution in [0.25, 0.3) is 0 Å². The van der Waals surface area contributed by atoms with Crippen molar-refractivity contribution in [3.05, 3.63) is 0 Å². The van der Waals surface area contributed by atoms with Crippen LogP contribution < -0.4 is 0 Å². The Kier molecular flexibility index (Phi) is 3.81. The molecule has 100 valence electrons. The van der Waals surface area contributed by atoms with Gasteiger partial charge >= 0.3 is 0 Å². The molecule has 0 aliphatic carbocycles. The molecule has 1 fully saturated rings. The first kappa shape index (κ1) is 14.3. The Bertz CT molecular complexity index is 396. The minimum atomic E-state index is -3.17. The van der Waals surface area contributed by atoms with Crippen LogP contribution in [0.3, 0.4) is 0 Å². The third-order valence-corrected chi connectivity index (χ3v) is 5.32. The summed E-state index contributed by atoms with van der Waals surface area (Å²) in [5, 5.41) is -0.589. The van der Waals surface area contributed by atoms with Crippen LogP contribution >= 0.6 is 0 Å². The summed E-state index contributed by atoms with van der Waals surface area (Å²) >= 11 is 0. The summed E-state index contributed by atoms with van der Waals surface area (Å²) in [6.45, 7) is 3.45. The molecule has 1 aliphatic rings. The van der Waals surface area contributed by atoms with Gasteiger partial charge in [0.25, 0.3) is 5.92 Å². The molecule has 1 heterocycles. The highest BCUT2D eigenvalue weighted by Crippen LogP contribution is 2.28. The third-order valence-electron chi connectivity index (χ3n) is 3.20. The van der Waals surface area contributed by atoms with Gasteiger partial charge < -0.3 is 4.90 Å². The van der Waals surface area contributed by atoms with Gasteiger partial charge in [-0.1, -0.05) is 6.92 Å². The maximum absolute atomic E-state index is 12.9. The number of carbonyl (C=O) groups is 1. The molecule has 1 unspecified atom stereocenters. The number of hydrogen-bond donors (Lipinski definition) is 0. The Hall–Kier alpha value is -0.720. The second kappa shape index (κ2) is 4.51. The van der Waals surface area contributed by atoms with E-state index in [-0.39, 0.29) is 18.8 Å². The number of likely N-dealkylation sites (tertiary alicyclic amines) is 1. The minimum absolute atomic E-state index is 0.0131. The molecule has 0 spiro atoms. The van der Waals surface area contributed by atoms with Crippen LogP contribution in [-0.4, -0.2) is 49.2 Å². The van der Waals surface area contributed by atoms with Crippen LogP contribution in [-0.2, 0) is 14.6 Å². The fourth-order valence-corrected chi connectivity index (χ4v) is 2.86. The van der Waals surface area contributed by atoms with Crippen molar-refractivity contribution in [2.45, 2.75) is 31.9 Å².